The molecule has 0 aromatic heterocycles. The van der Waals surface area contributed by atoms with Gasteiger partial charge in [-0.3, -0.25) is 0 Å². The molecule has 0 aromatic rings. The molecule has 0 radical (unpaired) electrons. The molecule has 4 heavy (non-hydrogen) atoms. The molecule has 0 spiro atoms. The smallest absolute Gasteiger partial charge is 2.00 e. The van der Waals surface area contributed by atoms with Crippen molar-refractivity contribution in [2.45, 2.75) is 9.88 Å². The fourth-order valence-electron chi connectivity index (χ4n) is 0. The molecule has 0 bridgehead atoms. The zero-order chi connectivity index (χ0) is 2.71. The molecule has 0 aliphatic rings. The van der Waals surface area contributed by atoms with Gasteiger partial charge >= 0.3 is 31.0 Å². The van der Waals surface area contributed by atoms with Gasteiger partial charge in [-0.15, -0.1) is 0 Å². The van der Waals surface area contributed by atoms with Crippen LogP contribution in [-0.2, 0) is 5.48 Å². The number of rotatable bonds is 0. The summed E-state index contributed by atoms with van der Waals surface area (Å²) in [7, 11) is 0. The summed E-state index contributed by atoms with van der Waals surface area (Å²) in [5.41, 5.74) is 0. The van der Waals surface area contributed by atoms with E-state index in [2.05, 4.69) is 9.88 Å². The minimum absolute atomic E-state index is 0. The summed E-state index contributed by atoms with van der Waals surface area (Å²) in [5, 5.41) is 0. The van der Waals surface area contributed by atoms with Crippen LogP contribution in [0.5, 0.6) is 0 Å². The maximum atomic E-state index is 2.30. The van der Waals surface area contributed by atoms with Gasteiger partial charge < -0.3 is 5.48 Å². The predicted molar refractivity (Wildman–Crippen MR) is 18.2 cm³/mol. The number of hydrogen-bond acceptors (Lipinski definition) is 0. The van der Waals surface area contributed by atoms with Crippen molar-refractivity contribution in [3.05, 3.63) is 0 Å². The predicted octanol–water partition coefficient (Wildman–Crippen LogP) is 0.668. The molecule has 0 aliphatic carbocycles. The molecule has 24 valence electrons. The third-order valence-electron chi connectivity index (χ3n) is 0. The molecule has 0 atom stereocenters. The summed E-state index contributed by atoms with van der Waals surface area (Å²) < 4.78 is 0. The van der Waals surface area contributed by atoms with Gasteiger partial charge in [0.25, 0.3) is 0 Å². The third kappa shape index (κ3) is 14.8. The van der Waals surface area contributed by atoms with Crippen molar-refractivity contribution in [2.24, 2.45) is 0 Å². The molecule has 1 nitrogen and oxygen atoms in total. The summed E-state index contributed by atoms with van der Waals surface area (Å²) in [5.74, 6) is 0. The first-order valence-electron chi connectivity index (χ1n) is 1.00. The van der Waals surface area contributed by atoms with E-state index >= 15 is 0 Å². The Hall–Kier alpha value is 0.759. The van der Waals surface area contributed by atoms with Crippen LogP contribution in [0.3, 0.4) is 0 Å². The van der Waals surface area contributed by atoms with E-state index in [0.29, 0.717) is 0 Å². The fraction of sp³-hybridized carbons (Fsp3) is 1.00. The van der Waals surface area contributed by atoms with Crippen LogP contribution in [0.15, 0.2) is 0 Å². The van der Waals surface area contributed by atoms with Gasteiger partial charge in [-0.05, 0) is 0 Å². The van der Waals surface area contributed by atoms with Crippen molar-refractivity contribution in [2.75, 3.05) is 0 Å². The molecular formula is C2H6OSn. The summed E-state index contributed by atoms with van der Waals surface area (Å²) in [6.45, 7) is 0. The van der Waals surface area contributed by atoms with E-state index in [0.717, 1.165) is 0 Å². The van der Waals surface area contributed by atoms with Gasteiger partial charge in [0.05, 0.1) is 0 Å². The van der Waals surface area contributed by atoms with E-state index in [-0.39, 0.29) is 26.6 Å². The van der Waals surface area contributed by atoms with Gasteiger partial charge in [-0.25, -0.2) is 0 Å². The second kappa shape index (κ2) is 9.25. The molecule has 0 saturated carbocycles. The Bertz CT molecular complexity index is 6.00. The van der Waals surface area contributed by atoms with E-state index in [4.69, 9.17) is 0 Å². The molecule has 0 saturated heterocycles. The Morgan fingerprint density at radius 2 is 1.25 bits per heavy atom. The van der Waals surface area contributed by atoms with Crippen LogP contribution in [0.4, 0.5) is 0 Å². The van der Waals surface area contributed by atoms with Gasteiger partial charge in [0, 0.05) is 0 Å². The van der Waals surface area contributed by atoms with Crippen LogP contribution >= 0.6 is 0 Å². The Labute approximate surface area is 36.9 Å². The largest absolute Gasteiger partial charge is 2.00 e. The maximum absolute atomic E-state index is 2.30. The third-order valence-corrected chi connectivity index (χ3v) is 0. The van der Waals surface area contributed by atoms with Crippen LogP contribution in [-0.4, -0.2) is 21.1 Å². The molecule has 2 heteroatoms. The van der Waals surface area contributed by atoms with Crippen molar-refractivity contribution >= 4 is 21.1 Å². The van der Waals surface area contributed by atoms with E-state index in [1.807, 2.05) is 0 Å². The Balaban J connectivity index is 0. The van der Waals surface area contributed by atoms with Crippen LogP contribution < -0.4 is 0 Å². The van der Waals surface area contributed by atoms with Crippen LogP contribution in [0.2, 0.25) is 9.88 Å². The van der Waals surface area contributed by atoms with Crippen LogP contribution in [0.25, 0.3) is 0 Å². The van der Waals surface area contributed by atoms with Gasteiger partial charge in [0.1, 0.15) is 0 Å². The molecule has 0 rings (SSSR count). The summed E-state index contributed by atoms with van der Waals surface area (Å²) in [6.07, 6.45) is 0. The Morgan fingerprint density at radius 3 is 1.25 bits per heavy atom. The average molecular weight is 165 g/mol. The molecule has 0 unspecified atom stereocenters. The summed E-state index contributed by atoms with van der Waals surface area (Å²) >= 11 is 0.230. The molecule has 0 aliphatic heterocycles. The van der Waals surface area contributed by atoms with E-state index in [1.165, 1.54) is 0 Å². The first-order valence-corrected chi connectivity index (χ1v) is 6.71. The average Bonchev–Trinajstić information content (AvgIpc) is 0.918. The number of hydrogen-bond donors (Lipinski definition) is 0. The molecule has 0 amide bonds. The normalized spacial score (nSPS) is 2.50. The molecule has 0 aromatic carbocycles. The topological polar surface area (TPSA) is 28.5 Å². The summed E-state index contributed by atoms with van der Waals surface area (Å²) in [4.78, 5) is 4.59. The van der Waals surface area contributed by atoms with Gasteiger partial charge in [-0.2, -0.15) is 0 Å². The van der Waals surface area contributed by atoms with Gasteiger partial charge in [-0.1, -0.05) is 0 Å². The van der Waals surface area contributed by atoms with E-state index in [1.54, 1.807) is 0 Å². The molecule has 0 heterocycles. The van der Waals surface area contributed by atoms with E-state index in [9.17, 15) is 0 Å². The Morgan fingerprint density at radius 1 is 1.25 bits per heavy atom. The monoisotopic (exact) mass is 166 g/mol. The molecule has 0 N–H and O–H groups in total. The van der Waals surface area contributed by atoms with Crippen molar-refractivity contribution in [1.82, 2.24) is 0 Å². The fourth-order valence-corrected chi connectivity index (χ4v) is 0. The zero-order valence-corrected chi connectivity index (χ0v) is 5.76. The van der Waals surface area contributed by atoms with E-state index < -0.39 is 0 Å². The minimum atomic E-state index is 0. The summed E-state index contributed by atoms with van der Waals surface area (Å²) in [6, 6.07) is 0. The second-order valence-corrected chi connectivity index (χ2v) is 3.35. The quantitative estimate of drug-likeness (QED) is 0.471. The molecule has 0 fully saturated rings. The van der Waals surface area contributed by atoms with Crippen molar-refractivity contribution < 1.29 is 5.48 Å². The Kier molecular flexibility index (Phi) is 20.4. The standard InChI is InChI=1S/2CH3.O.Sn/h2*1H3;;/q;;-2;+2. The molecular weight excluding hydrogens is 159 g/mol. The SMILES string of the molecule is [CH3][Sn+2][CH3].[O-2]. The van der Waals surface area contributed by atoms with Crippen LogP contribution in [0, 0.1) is 0 Å². The first kappa shape index (κ1) is 8.83. The van der Waals surface area contributed by atoms with Crippen LogP contribution in [0.1, 0.15) is 0 Å². The minimum Gasteiger partial charge on any atom is -2.00 e. The van der Waals surface area contributed by atoms with Gasteiger partial charge in [0.2, 0.25) is 0 Å². The van der Waals surface area contributed by atoms with Crippen molar-refractivity contribution in [3.63, 3.8) is 0 Å². The zero-order valence-electron chi connectivity index (χ0n) is 2.91. The van der Waals surface area contributed by atoms with Gasteiger partial charge in [0.15, 0.2) is 0 Å². The first-order chi connectivity index (χ1) is 1.41. The maximum Gasteiger partial charge on any atom is -2.00 e. The van der Waals surface area contributed by atoms with Crippen molar-refractivity contribution in [1.29, 1.82) is 0 Å². The van der Waals surface area contributed by atoms with Crippen molar-refractivity contribution in [3.8, 4) is 0 Å². The second-order valence-electron chi connectivity index (χ2n) is 0.500.